The van der Waals surface area contributed by atoms with Gasteiger partial charge in [-0.1, -0.05) is 12.1 Å². The molecule has 0 atom stereocenters. The first-order valence-corrected chi connectivity index (χ1v) is 6.52. The van der Waals surface area contributed by atoms with E-state index in [9.17, 15) is 4.79 Å². The predicted octanol–water partition coefficient (Wildman–Crippen LogP) is 1.54. The van der Waals surface area contributed by atoms with Crippen LogP contribution in [0, 0.1) is 0 Å². The molecule has 1 N–H and O–H groups in total. The van der Waals surface area contributed by atoms with Crippen LogP contribution in [0.2, 0.25) is 0 Å². The molecule has 1 aromatic carbocycles. The van der Waals surface area contributed by atoms with Crippen molar-refractivity contribution in [3.8, 4) is 0 Å². The summed E-state index contributed by atoms with van der Waals surface area (Å²) in [7, 11) is 0. The van der Waals surface area contributed by atoms with E-state index < -0.39 is 0 Å². The molecule has 0 aliphatic heterocycles. The number of nitrogens with zero attached hydrogens (tertiary/aromatic N) is 2. The van der Waals surface area contributed by atoms with E-state index in [4.69, 9.17) is 0 Å². The van der Waals surface area contributed by atoms with Crippen LogP contribution in [-0.2, 0) is 6.54 Å². The van der Waals surface area contributed by atoms with Crippen LogP contribution in [0.1, 0.15) is 19.3 Å². The molecule has 0 amide bonds. The lowest BCUT2D eigenvalue weighted by Gasteiger charge is -2.07. The molecule has 1 aliphatic carbocycles. The molecule has 1 saturated carbocycles. The smallest absolute Gasteiger partial charge is 0.261 e. The second-order valence-corrected chi connectivity index (χ2v) is 4.84. The molecule has 1 heterocycles. The summed E-state index contributed by atoms with van der Waals surface area (Å²) in [6.07, 6.45) is 5.23. The Morgan fingerprint density at radius 1 is 1.33 bits per heavy atom. The third-order valence-electron chi connectivity index (χ3n) is 3.32. The lowest BCUT2D eigenvalue weighted by molar-refractivity contribution is 0.566. The number of para-hydroxylation sites is 1. The van der Waals surface area contributed by atoms with Crippen molar-refractivity contribution >= 4 is 10.9 Å². The molecule has 1 aromatic heterocycles. The van der Waals surface area contributed by atoms with E-state index in [2.05, 4.69) is 10.3 Å². The Kier molecular flexibility index (Phi) is 3.11. The quantitative estimate of drug-likeness (QED) is 0.810. The minimum atomic E-state index is 0.0621. The van der Waals surface area contributed by atoms with Gasteiger partial charge >= 0.3 is 0 Å². The molecule has 1 fully saturated rings. The van der Waals surface area contributed by atoms with E-state index >= 15 is 0 Å². The van der Waals surface area contributed by atoms with Gasteiger partial charge in [0.15, 0.2) is 0 Å². The van der Waals surface area contributed by atoms with Gasteiger partial charge in [-0.2, -0.15) is 0 Å². The Bertz CT molecular complexity index is 601. The highest BCUT2D eigenvalue weighted by atomic mass is 16.1. The Labute approximate surface area is 106 Å². The van der Waals surface area contributed by atoms with Crippen LogP contribution in [0.25, 0.3) is 10.9 Å². The molecule has 3 rings (SSSR count). The Morgan fingerprint density at radius 3 is 3.00 bits per heavy atom. The van der Waals surface area contributed by atoms with E-state index in [1.54, 1.807) is 10.9 Å². The number of aryl methyl sites for hydroxylation is 1. The third-order valence-corrected chi connectivity index (χ3v) is 3.32. The molecule has 0 unspecified atom stereocenters. The minimum absolute atomic E-state index is 0.0621. The maximum atomic E-state index is 12.2. The van der Waals surface area contributed by atoms with Gasteiger partial charge in [0.05, 0.1) is 17.2 Å². The van der Waals surface area contributed by atoms with E-state index in [0.717, 1.165) is 31.1 Å². The zero-order chi connectivity index (χ0) is 12.4. The van der Waals surface area contributed by atoms with Crippen LogP contribution in [0.3, 0.4) is 0 Å². The maximum absolute atomic E-state index is 12.2. The van der Waals surface area contributed by atoms with Crippen LogP contribution in [0.5, 0.6) is 0 Å². The summed E-state index contributed by atoms with van der Waals surface area (Å²) in [5.41, 5.74) is 0.835. The van der Waals surface area contributed by atoms with Crippen molar-refractivity contribution in [2.45, 2.75) is 31.8 Å². The van der Waals surface area contributed by atoms with E-state index in [1.807, 2.05) is 24.3 Å². The number of aromatic nitrogens is 2. The van der Waals surface area contributed by atoms with Gasteiger partial charge < -0.3 is 5.32 Å². The number of nitrogens with one attached hydrogen (secondary N) is 1. The fourth-order valence-electron chi connectivity index (χ4n) is 2.11. The van der Waals surface area contributed by atoms with E-state index in [-0.39, 0.29) is 5.56 Å². The average Bonchev–Trinajstić information content (AvgIpc) is 3.21. The molecule has 1 aliphatic rings. The summed E-state index contributed by atoms with van der Waals surface area (Å²) in [6, 6.07) is 8.22. The molecule has 0 bridgehead atoms. The SMILES string of the molecule is O=c1c2ccccc2ncn1CCCNC1CC1. The molecular formula is C14H17N3O. The van der Waals surface area contributed by atoms with Crippen LogP contribution in [0.15, 0.2) is 35.4 Å². The van der Waals surface area contributed by atoms with Crippen molar-refractivity contribution in [1.29, 1.82) is 0 Å². The summed E-state index contributed by atoms with van der Waals surface area (Å²) in [4.78, 5) is 16.5. The van der Waals surface area contributed by atoms with Crippen molar-refractivity contribution in [2.75, 3.05) is 6.54 Å². The normalized spacial score (nSPS) is 15.1. The van der Waals surface area contributed by atoms with Crippen molar-refractivity contribution in [3.05, 3.63) is 40.9 Å². The van der Waals surface area contributed by atoms with E-state index in [1.165, 1.54) is 12.8 Å². The first-order chi connectivity index (χ1) is 8.84. The largest absolute Gasteiger partial charge is 0.314 e. The molecule has 2 aromatic rings. The number of rotatable bonds is 5. The highest BCUT2D eigenvalue weighted by molar-refractivity contribution is 5.76. The minimum Gasteiger partial charge on any atom is -0.314 e. The van der Waals surface area contributed by atoms with Crippen molar-refractivity contribution < 1.29 is 0 Å². The first kappa shape index (κ1) is 11.4. The zero-order valence-electron chi connectivity index (χ0n) is 10.3. The van der Waals surface area contributed by atoms with Crippen molar-refractivity contribution in [1.82, 2.24) is 14.9 Å². The van der Waals surface area contributed by atoms with Gasteiger partial charge in [-0.25, -0.2) is 4.98 Å². The van der Waals surface area contributed by atoms with Gasteiger partial charge in [0.2, 0.25) is 0 Å². The standard InChI is InChI=1S/C14H17N3O/c18-14-12-4-1-2-5-13(12)16-10-17(14)9-3-8-15-11-6-7-11/h1-2,4-5,10-11,15H,3,6-9H2. The summed E-state index contributed by atoms with van der Waals surface area (Å²) < 4.78 is 1.71. The first-order valence-electron chi connectivity index (χ1n) is 6.52. The van der Waals surface area contributed by atoms with Gasteiger partial charge in [-0.15, -0.1) is 0 Å². The predicted molar refractivity (Wildman–Crippen MR) is 71.6 cm³/mol. The van der Waals surface area contributed by atoms with E-state index in [0.29, 0.717) is 5.39 Å². The molecule has 0 radical (unpaired) electrons. The highest BCUT2D eigenvalue weighted by Crippen LogP contribution is 2.18. The average molecular weight is 243 g/mol. The molecule has 0 spiro atoms. The zero-order valence-corrected chi connectivity index (χ0v) is 10.3. The molecule has 4 heteroatoms. The van der Waals surface area contributed by atoms with Gasteiger partial charge in [0.25, 0.3) is 5.56 Å². The monoisotopic (exact) mass is 243 g/mol. The molecule has 4 nitrogen and oxygen atoms in total. The van der Waals surface area contributed by atoms with Crippen molar-refractivity contribution in [2.24, 2.45) is 0 Å². The lowest BCUT2D eigenvalue weighted by Crippen LogP contribution is -2.24. The molecule has 94 valence electrons. The molecule has 18 heavy (non-hydrogen) atoms. The summed E-state index contributed by atoms with van der Waals surface area (Å²) in [5.74, 6) is 0. The maximum Gasteiger partial charge on any atom is 0.261 e. The Balaban J connectivity index is 1.71. The van der Waals surface area contributed by atoms with Gasteiger partial charge in [0.1, 0.15) is 0 Å². The Morgan fingerprint density at radius 2 is 2.17 bits per heavy atom. The van der Waals surface area contributed by atoms with Crippen LogP contribution >= 0.6 is 0 Å². The second-order valence-electron chi connectivity index (χ2n) is 4.84. The number of hydrogen-bond acceptors (Lipinski definition) is 3. The van der Waals surface area contributed by atoms with Crippen LogP contribution in [0.4, 0.5) is 0 Å². The van der Waals surface area contributed by atoms with Crippen LogP contribution in [-0.4, -0.2) is 22.1 Å². The molecular weight excluding hydrogens is 226 g/mol. The topological polar surface area (TPSA) is 46.9 Å². The molecule has 0 saturated heterocycles. The van der Waals surface area contributed by atoms with Gasteiger partial charge in [-0.05, 0) is 37.9 Å². The van der Waals surface area contributed by atoms with Gasteiger partial charge in [-0.3, -0.25) is 9.36 Å². The third kappa shape index (κ3) is 2.43. The lowest BCUT2D eigenvalue weighted by atomic mass is 10.2. The highest BCUT2D eigenvalue weighted by Gasteiger charge is 2.19. The van der Waals surface area contributed by atoms with Crippen molar-refractivity contribution in [3.63, 3.8) is 0 Å². The summed E-state index contributed by atoms with van der Waals surface area (Å²) in [6.45, 7) is 1.71. The fourth-order valence-corrected chi connectivity index (χ4v) is 2.11. The van der Waals surface area contributed by atoms with Crippen LogP contribution < -0.4 is 10.9 Å². The number of hydrogen-bond donors (Lipinski definition) is 1. The van der Waals surface area contributed by atoms with Gasteiger partial charge in [0, 0.05) is 12.6 Å². The fraction of sp³-hybridized carbons (Fsp3) is 0.429. The number of benzene rings is 1. The Hall–Kier alpha value is -1.68. The summed E-state index contributed by atoms with van der Waals surface area (Å²) >= 11 is 0. The number of fused-ring (bicyclic) bond motifs is 1. The second kappa shape index (κ2) is 4.90. The summed E-state index contributed by atoms with van der Waals surface area (Å²) in [5, 5.41) is 4.15.